The van der Waals surface area contributed by atoms with E-state index in [0.29, 0.717) is 11.3 Å². The van der Waals surface area contributed by atoms with Gasteiger partial charge in [-0.1, -0.05) is 11.3 Å². The summed E-state index contributed by atoms with van der Waals surface area (Å²) in [4.78, 5) is 23.6. The number of hydrogen-bond acceptors (Lipinski definition) is 5. The topological polar surface area (TPSA) is 99.2 Å². The monoisotopic (exact) mass is 366 g/mol. The van der Waals surface area contributed by atoms with Gasteiger partial charge in [-0.25, -0.2) is 9.59 Å². The predicted molar refractivity (Wildman–Crippen MR) is 95.2 cm³/mol. The smallest absolute Gasteiger partial charge is 0.339 e. The van der Waals surface area contributed by atoms with Crippen LogP contribution in [0.25, 0.3) is 5.69 Å². The molecule has 1 aliphatic carbocycles. The lowest BCUT2D eigenvalue weighted by atomic mass is 10.1. The van der Waals surface area contributed by atoms with Gasteiger partial charge in [0.25, 0.3) is 0 Å². The molecule has 4 rings (SSSR count). The maximum absolute atomic E-state index is 12.3. The first-order chi connectivity index (χ1) is 13.0. The molecule has 1 unspecified atom stereocenters. The van der Waals surface area contributed by atoms with Crippen LogP contribution >= 0.6 is 0 Å². The molecule has 0 amide bonds. The van der Waals surface area contributed by atoms with Crippen molar-refractivity contribution in [3.63, 3.8) is 0 Å². The van der Waals surface area contributed by atoms with Crippen LogP contribution in [0.5, 0.6) is 0 Å². The minimum atomic E-state index is -0.998. The van der Waals surface area contributed by atoms with E-state index >= 15 is 0 Å². The van der Waals surface area contributed by atoms with Gasteiger partial charge in [-0.05, 0) is 30.7 Å². The van der Waals surface area contributed by atoms with Gasteiger partial charge in [0.05, 0.1) is 23.9 Å². The predicted octanol–water partition coefficient (Wildman–Crippen LogP) is 2.36. The van der Waals surface area contributed by atoms with Crippen molar-refractivity contribution in [3.05, 3.63) is 65.2 Å². The van der Waals surface area contributed by atoms with E-state index in [2.05, 4.69) is 10.3 Å². The molecule has 0 bridgehead atoms. The van der Waals surface area contributed by atoms with Crippen LogP contribution in [0.1, 0.15) is 50.4 Å². The Morgan fingerprint density at radius 2 is 2.07 bits per heavy atom. The molecule has 1 N–H and O–H groups in total. The SMILES string of the molecule is COC(=O)c1ccn(-c2cccc(C(=O)O)c2)c1[C@@H]1CC1c1cn(C)nn1. The minimum absolute atomic E-state index is 0.0827. The Kier molecular flexibility index (Phi) is 4.02. The number of rotatable bonds is 5. The number of hydrogen-bond donors (Lipinski definition) is 1. The van der Waals surface area contributed by atoms with Crippen LogP contribution in [0, 0.1) is 0 Å². The summed E-state index contributed by atoms with van der Waals surface area (Å²) >= 11 is 0. The number of esters is 1. The summed E-state index contributed by atoms with van der Waals surface area (Å²) in [5.41, 5.74) is 3.04. The number of aryl methyl sites for hydroxylation is 1. The van der Waals surface area contributed by atoms with E-state index < -0.39 is 11.9 Å². The molecule has 1 fully saturated rings. The molecule has 2 aromatic heterocycles. The van der Waals surface area contributed by atoms with E-state index in [1.807, 2.05) is 23.9 Å². The molecule has 1 saturated carbocycles. The zero-order valence-corrected chi connectivity index (χ0v) is 14.9. The van der Waals surface area contributed by atoms with Gasteiger partial charge in [-0.2, -0.15) is 0 Å². The van der Waals surface area contributed by atoms with Crippen molar-refractivity contribution in [1.29, 1.82) is 0 Å². The number of carbonyl (C=O) groups excluding carboxylic acids is 1. The maximum atomic E-state index is 12.3. The zero-order valence-electron chi connectivity index (χ0n) is 14.9. The normalized spacial score (nSPS) is 18.3. The van der Waals surface area contributed by atoms with Gasteiger partial charge >= 0.3 is 11.9 Å². The van der Waals surface area contributed by atoms with Crippen LogP contribution < -0.4 is 0 Å². The Balaban J connectivity index is 1.78. The Bertz CT molecular complexity index is 1040. The van der Waals surface area contributed by atoms with Crippen LogP contribution in [0.15, 0.2) is 42.7 Å². The summed E-state index contributed by atoms with van der Waals surface area (Å²) in [5.74, 6) is -1.16. The van der Waals surface area contributed by atoms with Gasteiger partial charge < -0.3 is 14.4 Å². The van der Waals surface area contributed by atoms with Gasteiger partial charge in [0, 0.05) is 42.7 Å². The number of carboxylic acid groups (broad SMARTS) is 1. The molecule has 0 saturated heterocycles. The van der Waals surface area contributed by atoms with E-state index in [4.69, 9.17) is 4.74 Å². The summed E-state index contributed by atoms with van der Waals surface area (Å²) in [7, 11) is 3.16. The first-order valence-corrected chi connectivity index (χ1v) is 8.49. The number of aromatic nitrogens is 4. The lowest BCUT2D eigenvalue weighted by Crippen LogP contribution is -2.08. The second-order valence-electron chi connectivity index (χ2n) is 6.60. The highest BCUT2D eigenvalue weighted by atomic mass is 16.5. The number of methoxy groups -OCH3 is 1. The molecule has 3 aromatic rings. The van der Waals surface area contributed by atoms with Gasteiger partial charge in [0.15, 0.2) is 0 Å². The van der Waals surface area contributed by atoms with E-state index in [1.165, 1.54) is 13.2 Å². The van der Waals surface area contributed by atoms with Crippen molar-refractivity contribution in [2.24, 2.45) is 7.05 Å². The standard InChI is InChI=1S/C19H18N4O4/c1-22-10-16(20-21-22)14-9-15(14)17-13(19(26)27-2)6-7-23(17)12-5-3-4-11(8-12)18(24)25/h3-8,10,14-15H,9H2,1-2H3,(H,24,25)/t14?,15-/m1/s1. The Labute approximate surface area is 155 Å². The van der Waals surface area contributed by atoms with Gasteiger partial charge in [0.2, 0.25) is 0 Å². The molecular weight excluding hydrogens is 348 g/mol. The molecule has 2 atom stereocenters. The summed E-state index contributed by atoms with van der Waals surface area (Å²) in [6, 6.07) is 8.34. The van der Waals surface area contributed by atoms with Gasteiger partial charge in [0.1, 0.15) is 0 Å². The number of carboxylic acids is 1. The Morgan fingerprint density at radius 3 is 2.74 bits per heavy atom. The molecule has 138 valence electrons. The molecule has 2 heterocycles. The van der Waals surface area contributed by atoms with Crippen LogP contribution in [-0.4, -0.2) is 43.7 Å². The number of nitrogens with zero attached hydrogens (tertiary/aromatic N) is 4. The van der Waals surface area contributed by atoms with Crippen molar-refractivity contribution >= 4 is 11.9 Å². The van der Waals surface area contributed by atoms with E-state index in [1.54, 1.807) is 29.1 Å². The average Bonchev–Trinajstić information content (AvgIpc) is 3.12. The number of carbonyl (C=O) groups is 2. The zero-order chi connectivity index (χ0) is 19.1. The van der Waals surface area contributed by atoms with Crippen molar-refractivity contribution in [2.45, 2.75) is 18.3 Å². The highest BCUT2D eigenvalue weighted by Crippen LogP contribution is 2.55. The fourth-order valence-electron chi connectivity index (χ4n) is 3.48. The molecule has 1 aromatic carbocycles. The van der Waals surface area contributed by atoms with Crippen molar-refractivity contribution in [2.75, 3.05) is 7.11 Å². The summed E-state index contributed by atoms with van der Waals surface area (Å²) in [6.45, 7) is 0. The third kappa shape index (κ3) is 2.99. The highest BCUT2D eigenvalue weighted by molar-refractivity contribution is 5.92. The second kappa shape index (κ2) is 6.39. The second-order valence-corrected chi connectivity index (χ2v) is 6.60. The van der Waals surface area contributed by atoms with Crippen LogP contribution in [0.2, 0.25) is 0 Å². The highest BCUT2D eigenvalue weighted by Gasteiger charge is 2.45. The molecule has 8 nitrogen and oxygen atoms in total. The molecule has 1 aliphatic rings. The molecular formula is C19H18N4O4. The third-order valence-corrected chi connectivity index (χ3v) is 4.84. The fraction of sp³-hybridized carbons (Fsp3) is 0.263. The molecule has 8 heteroatoms. The average molecular weight is 366 g/mol. The largest absolute Gasteiger partial charge is 0.478 e. The fourth-order valence-corrected chi connectivity index (χ4v) is 3.48. The minimum Gasteiger partial charge on any atom is -0.478 e. The number of aromatic carboxylic acids is 1. The van der Waals surface area contributed by atoms with Gasteiger partial charge in [-0.3, -0.25) is 4.68 Å². The quantitative estimate of drug-likeness (QED) is 0.696. The number of benzene rings is 1. The summed E-state index contributed by atoms with van der Waals surface area (Å²) in [5, 5.41) is 17.4. The lowest BCUT2D eigenvalue weighted by molar-refractivity contribution is 0.0598. The van der Waals surface area contributed by atoms with E-state index in [-0.39, 0.29) is 17.4 Å². The Hall–Kier alpha value is -3.42. The molecule has 0 radical (unpaired) electrons. The first kappa shape index (κ1) is 17.0. The molecule has 27 heavy (non-hydrogen) atoms. The Morgan fingerprint density at radius 1 is 1.26 bits per heavy atom. The van der Waals surface area contributed by atoms with E-state index in [0.717, 1.165) is 17.8 Å². The third-order valence-electron chi connectivity index (χ3n) is 4.84. The maximum Gasteiger partial charge on any atom is 0.339 e. The van der Waals surface area contributed by atoms with Crippen LogP contribution in [-0.2, 0) is 11.8 Å². The van der Waals surface area contributed by atoms with Gasteiger partial charge in [-0.15, -0.1) is 5.10 Å². The summed E-state index contributed by atoms with van der Waals surface area (Å²) < 4.78 is 8.45. The summed E-state index contributed by atoms with van der Waals surface area (Å²) in [6.07, 6.45) is 4.49. The van der Waals surface area contributed by atoms with Crippen molar-refractivity contribution in [1.82, 2.24) is 19.6 Å². The van der Waals surface area contributed by atoms with Crippen LogP contribution in [0.3, 0.4) is 0 Å². The van der Waals surface area contributed by atoms with E-state index in [9.17, 15) is 14.7 Å². The lowest BCUT2D eigenvalue weighted by Gasteiger charge is -2.12. The molecule has 0 spiro atoms. The first-order valence-electron chi connectivity index (χ1n) is 8.49. The van der Waals surface area contributed by atoms with Crippen molar-refractivity contribution in [3.8, 4) is 5.69 Å². The number of ether oxygens (including phenoxy) is 1. The van der Waals surface area contributed by atoms with Crippen molar-refractivity contribution < 1.29 is 19.4 Å². The van der Waals surface area contributed by atoms with Crippen LogP contribution in [0.4, 0.5) is 0 Å². The molecule has 0 aliphatic heterocycles.